The van der Waals surface area contributed by atoms with Crippen LogP contribution in [0.2, 0.25) is 0 Å². The van der Waals surface area contributed by atoms with Crippen molar-refractivity contribution < 1.29 is 13.2 Å². The van der Waals surface area contributed by atoms with Crippen LogP contribution in [-0.4, -0.2) is 25.1 Å². The highest BCUT2D eigenvalue weighted by Crippen LogP contribution is 2.32. The standard InChI is InChI=1S/C17H23NO3S/c1-3-4-6-11-16-14(2)18(13-12-17(16)19)22(20,21)15-9-7-5-8-10-15/h5,7-10,16H,2-4,6,11-13H2,1H3. The number of piperidine rings is 1. The Balaban J connectivity index is 2.21. The number of carbonyl (C=O) groups excluding carboxylic acids is 1. The van der Waals surface area contributed by atoms with Gasteiger partial charge in [0, 0.05) is 18.7 Å². The molecule has 120 valence electrons. The van der Waals surface area contributed by atoms with Gasteiger partial charge in [0.2, 0.25) is 0 Å². The lowest BCUT2D eigenvalue weighted by Gasteiger charge is -2.34. The summed E-state index contributed by atoms with van der Waals surface area (Å²) in [5, 5.41) is 0. The first-order chi connectivity index (χ1) is 10.5. The third-order valence-electron chi connectivity index (χ3n) is 4.10. The second-order valence-electron chi connectivity index (χ2n) is 5.65. The maximum Gasteiger partial charge on any atom is 0.264 e. The fourth-order valence-electron chi connectivity index (χ4n) is 2.81. The number of unbranched alkanes of at least 4 members (excludes halogenated alkanes) is 2. The van der Waals surface area contributed by atoms with Crippen LogP contribution in [0.5, 0.6) is 0 Å². The second-order valence-corrected chi connectivity index (χ2v) is 7.51. The maximum absolute atomic E-state index is 12.7. The predicted octanol–water partition coefficient (Wildman–Crippen LogP) is 3.36. The summed E-state index contributed by atoms with van der Waals surface area (Å²) in [5.41, 5.74) is 0.427. The molecule has 4 nitrogen and oxygen atoms in total. The van der Waals surface area contributed by atoms with Gasteiger partial charge in [0.25, 0.3) is 10.0 Å². The third kappa shape index (κ3) is 3.40. The lowest BCUT2D eigenvalue weighted by molar-refractivity contribution is -0.123. The van der Waals surface area contributed by atoms with Gasteiger partial charge in [-0.15, -0.1) is 0 Å². The molecule has 1 atom stereocenters. The minimum atomic E-state index is -3.62. The van der Waals surface area contributed by atoms with Crippen molar-refractivity contribution in [3.63, 3.8) is 0 Å². The van der Waals surface area contributed by atoms with Crippen molar-refractivity contribution in [3.8, 4) is 0 Å². The van der Waals surface area contributed by atoms with Crippen molar-refractivity contribution in [1.29, 1.82) is 0 Å². The Kier molecular flexibility index (Phi) is 5.40. The fraction of sp³-hybridized carbons (Fsp3) is 0.471. The van der Waals surface area contributed by atoms with E-state index in [1.807, 2.05) is 0 Å². The number of ketones is 1. The molecule has 0 radical (unpaired) electrons. The molecule has 1 saturated heterocycles. The second kappa shape index (κ2) is 7.09. The van der Waals surface area contributed by atoms with Gasteiger partial charge in [0.05, 0.1) is 10.8 Å². The van der Waals surface area contributed by atoms with E-state index in [9.17, 15) is 13.2 Å². The van der Waals surface area contributed by atoms with E-state index in [4.69, 9.17) is 0 Å². The monoisotopic (exact) mass is 321 g/mol. The molecular formula is C17H23NO3S. The van der Waals surface area contributed by atoms with Gasteiger partial charge < -0.3 is 0 Å². The van der Waals surface area contributed by atoms with E-state index in [1.165, 1.54) is 4.31 Å². The Morgan fingerprint density at radius 2 is 1.91 bits per heavy atom. The smallest absolute Gasteiger partial charge is 0.264 e. The van der Waals surface area contributed by atoms with Crippen molar-refractivity contribution in [1.82, 2.24) is 4.31 Å². The topological polar surface area (TPSA) is 54.5 Å². The highest BCUT2D eigenvalue weighted by atomic mass is 32.2. The van der Waals surface area contributed by atoms with Gasteiger partial charge in [-0.25, -0.2) is 8.42 Å². The van der Waals surface area contributed by atoms with Crippen LogP contribution >= 0.6 is 0 Å². The van der Waals surface area contributed by atoms with Crippen LogP contribution in [-0.2, 0) is 14.8 Å². The molecule has 0 amide bonds. The number of nitrogens with zero attached hydrogens (tertiary/aromatic N) is 1. The molecule has 1 heterocycles. The molecule has 0 aromatic heterocycles. The fourth-order valence-corrected chi connectivity index (χ4v) is 4.33. The number of rotatable bonds is 6. The van der Waals surface area contributed by atoms with Crippen molar-refractivity contribution in [2.75, 3.05) is 6.54 Å². The summed E-state index contributed by atoms with van der Waals surface area (Å²) in [4.78, 5) is 12.4. The normalized spacial score (nSPS) is 19.5. The van der Waals surface area contributed by atoms with E-state index in [-0.39, 0.29) is 29.6 Å². The van der Waals surface area contributed by atoms with Gasteiger partial charge in [-0.3, -0.25) is 9.10 Å². The van der Waals surface area contributed by atoms with Gasteiger partial charge >= 0.3 is 0 Å². The van der Waals surface area contributed by atoms with Crippen LogP contribution < -0.4 is 0 Å². The van der Waals surface area contributed by atoms with Gasteiger partial charge in [-0.2, -0.15) is 0 Å². The summed E-state index contributed by atoms with van der Waals surface area (Å²) in [6, 6.07) is 8.32. The van der Waals surface area contributed by atoms with Gasteiger partial charge in [0.1, 0.15) is 5.78 Å². The molecule has 22 heavy (non-hydrogen) atoms. The SMILES string of the molecule is C=C1C(CCCCC)C(=O)CCN1S(=O)(=O)c1ccccc1. The quantitative estimate of drug-likeness (QED) is 0.755. The van der Waals surface area contributed by atoms with Gasteiger partial charge in [-0.05, 0) is 18.6 Å². The molecule has 1 aromatic carbocycles. The van der Waals surface area contributed by atoms with E-state index in [0.717, 1.165) is 19.3 Å². The van der Waals surface area contributed by atoms with Crippen LogP contribution in [0.15, 0.2) is 47.5 Å². The van der Waals surface area contributed by atoms with Crippen LogP contribution in [0.4, 0.5) is 0 Å². The van der Waals surface area contributed by atoms with Crippen molar-refractivity contribution in [2.24, 2.45) is 5.92 Å². The Morgan fingerprint density at radius 3 is 2.55 bits per heavy atom. The summed E-state index contributed by atoms with van der Waals surface area (Å²) in [6.07, 6.45) is 3.99. The molecule has 0 bridgehead atoms. The number of hydrogen-bond acceptors (Lipinski definition) is 3. The Bertz CT molecular complexity index is 637. The molecule has 1 fully saturated rings. The molecule has 0 N–H and O–H groups in total. The minimum absolute atomic E-state index is 0.112. The molecule has 1 unspecified atom stereocenters. The highest BCUT2D eigenvalue weighted by Gasteiger charge is 2.36. The van der Waals surface area contributed by atoms with E-state index >= 15 is 0 Å². The average molecular weight is 321 g/mol. The first-order valence-corrected chi connectivity index (χ1v) is 9.21. The lowest BCUT2D eigenvalue weighted by atomic mass is 9.89. The summed E-state index contributed by atoms with van der Waals surface area (Å²) in [7, 11) is -3.62. The highest BCUT2D eigenvalue weighted by molar-refractivity contribution is 7.89. The molecule has 0 spiro atoms. The van der Waals surface area contributed by atoms with Gasteiger partial charge in [0.15, 0.2) is 0 Å². The van der Waals surface area contributed by atoms with Crippen molar-refractivity contribution in [3.05, 3.63) is 42.6 Å². The molecule has 2 rings (SSSR count). The maximum atomic E-state index is 12.7. The first-order valence-electron chi connectivity index (χ1n) is 7.77. The molecule has 5 heteroatoms. The summed E-state index contributed by atoms with van der Waals surface area (Å²) in [6.45, 7) is 6.22. The van der Waals surface area contributed by atoms with Gasteiger partial charge in [-0.1, -0.05) is 51.0 Å². The van der Waals surface area contributed by atoms with E-state index in [2.05, 4.69) is 13.5 Å². The summed E-state index contributed by atoms with van der Waals surface area (Å²) < 4.78 is 26.8. The van der Waals surface area contributed by atoms with E-state index in [1.54, 1.807) is 30.3 Å². The number of carbonyl (C=O) groups is 1. The Labute approximate surface area is 132 Å². The molecular weight excluding hydrogens is 298 g/mol. The Hall–Kier alpha value is -1.62. The molecule has 0 aliphatic carbocycles. The Morgan fingerprint density at radius 1 is 1.23 bits per heavy atom. The first kappa shape index (κ1) is 16.7. The zero-order valence-electron chi connectivity index (χ0n) is 13.0. The zero-order valence-corrected chi connectivity index (χ0v) is 13.8. The zero-order chi connectivity index (χ0) is 16.2. The van der Waals surface area contributed by atoms with Crippen molar-refractivity contribution >= 4 is 15.8 Å². The summed E-state index contributed by atoms with van der Waals surface area (Å²) >= 11 is 0. The van der Waals surface area contributed by atoms with E-state index in [0.29, 0.717) is 12.1 Å². The molecule has 1 aliphatic rings. The molecule has 0 saturated carbocycles. The number of benzene rings is 1. The van der Waals surface area contributed by atoms with E-state index < -0.39 is 10.0 Å². The van der Waals surface area contributed by atoms with Crippen LogP contribution in [0.1, 0.15) is 39.0 Å². The summed E-state index contributed by atoms with van der Waals surface area (Å²) in [5.74, 6) is -0.251. The van der Waals surface area contributed by atoms with Crippen LogP contribution in [0.25, 0.3) is 0 Å². The average Bonchev–Trinajstić information content (AvgIpc) is 2.51. The predicted molar refractivity (Wildman–Crippen MR) is 86.7 cm³/mol. The molecule has 1 aliphatic heterocycles. The lowest BCUT2D eigenvalue weighted by Crippen LogP contribution is -2.41. The molecule has 1 aromatic rings. The third-order valence-corrected chi connectivity index (χ3v) is 5.97. The van der Waals surface area contributed by atoms with Crippen LogP contribution in [0.3, 0.4) is 0 Å². The largest absolute Gasteiger partial charge is 0.299 e. The number of sulfonamides is 1. The minimum Gasteiger partial charge on any atom is -0.299 e. The van der Waals surface area contributed by atoms with Crippen LogP contribution in [0, 0.1) is 5.92 Å². The number of allylic oxidation sites excluding steroid dienone is 1. The van der Waals surface area contributed by atoms with Crippen molar-refractivity contribution in [2.45, 2.75) is 43.9 Å². The number of Topliss-reactive ketones (excluding diaryl/α,β-unsaturated/α-hetero) is 1. The number of hydrogen-bond donors (Lipinski definition) is 0.